The number of carboxylic acid groups (broad SMARTS) is 1. The lowest BCUT2D eigenvalue weighted by atomic mass is 10.0. The molecule has 1 N–H and O–H groups in total. The largest absolute Gasteiger partial charge is 0.465 e. The summed E-state index contributed by atoms with van der Waals surface area (Å²) in [7, 11) is 0. The van der Waals surface area contributed by atoms with Gasteiger partial charge in [-0.1, -0.05) is 23.7 Å². The number of aromatic nitrogens is 1. The quantitative estimate of drug-likeness (QED) is 0.637. The Morgan fingerprint density at radius 1 is 1.33 bits per heavy atom. The Bertz CT molecular complexity index is 1140. The topological polar surface area (TPSA) is 86.9 Å². The first-order valence-corrected chi connectivity index (χ1v) is 10.4. The number of fused-ring (bicyclic) bond motifs is 3. The van der Waals surface area contributed by atoms with E-state index in [2.05, 4.69) is 4.98 Å². The molecule has 0 unspecified atom stereocenters. The molecule has 0 spiro atoms. The first-order valence-electron chi connectivity index (χ1n) is 10.1. The monoisotopic (exact) mass is 429 g/mol. The molecule has 7 nitrogen and oxygen atoms in total. The fourth-order valence-corrected chi connectivity index (χ4v) is 4.55. The van der Waals surface area contributed by atoms with E-state index in [0.29, 0.717) is 35.6 Å². The first-order chi connectivity index (χ1) is 14.3. The van der Waals surface area contributed by atoms with E-state index in [0.717, 1.165) is 23.0 Å². The van der Waals surface area contributed by atoms with Gasteiger partial charge in [0.1, 0.15) is 17.0 Å². The van der Waals surface area contributed by atoms with Crippen molar-refractivity contribution in [2.24, 2.45) is 0 Å². The molecule has 3 aromatic rings. The molecule has 0 radical (unpaired) electrons. The van der Waals surface area contributed by atoms with Gasteiger partial charge in [-0.2, -0.15) is 0 Å². The first kappa shape index (κ1) is 20.5. The lowest BCUT2D eigenvalue weighted by Gasteiger charge is -2.40. The number of piperidine rings is 1. The zero-order chi connectivity index (χ0) is 21.6. The predicted octanol–water partition coefficient (Wildman–Crippen LogP) is 4.94. The number of pyridine rings is 1. The van der Waals surface area contributed by atoms with Crippen LogP contribution in [0.5, 0.6) is 0 Å². The zero-order valence-electron chi connectivity index (χ0n) is 17.2. The number of carbonyl (C=O) groups is 2. The Labute approximate surface area is 179 Å². The molecule has 30 heavy (non-hydrogen) atoms. The summed E-state index contributed by atoms with van der Waals surface area (Å²) in [6.07, 6.45) is 0.501. The molecule has 0 bridgehead atoms. The molecule has 2 aromatic heterocycles. The number of hydrogen-bond donors (Lipinski definition) is 1. The highest BCUT2D eigenvalue weighted by Crippen LogP contribution is 2.32. The Hall–Kier alpha value is -2.80. The van der Waals surface area contributed by atoms with E-state index in [1.807, 2.05) is 39.0 Å². The summed E-state index contributed by atoms with van der Waals surface area (Å²) in [6.45, 7) is 6.49. The van der Waals surface area contributed by atoms with Crippen molar-refractivity contribution in [1.29, 1.82) is 0 Å². The molecule has 0 saturated carbocycles. The summed E-state index contributed by atoms with van der Waals surface area (Å²) in [6, 6.07) is 6.98. The molecule has 2 amide bonds. The average Bonchev–Trinajstić information content (AvgIpc) is 3.08. The number of nitrogens with zero attached hydrogens (tertiary/aromatic N) is 3. The molecule has 1 aliphatic heterocycles. The van der Waals surface area contributed by atoms with Crippen molar-refractivity contribution < 1.29 is 19.1 Å². The highest BCUT2D eigenvalue weighted by molar-refractivity contribution is 6.36. The van der Waals surface area contributed by atoms with Crippen LogP contribution in [0.25, 0.3) is 21.9 Å². The molecular formula is C22H24ClN3O4. The Balaban J connectivity index is 1.76. The molecule has 1 atom stereocenters. The van der Waals surface area contributed by atoms with Crippen molar-refractivity contribution in [3.63, 3.8) is 0 Å². The SMILES string of the molecule is Cc1cc2ccc3c(Cl)cc(C(=O)N(C(C)C)[C@@H]4CCCN(C(=O)O)C4)nc3c2o1. The van der Waals surface area contributed by atoms with Gasteiger partial charge in [-0.05, 0) is 45.7 Å². The van der Waals surface area contributed by atoms with Gasteiger partial charge in [0, 0.05) is 29.9 Å². The Kier molecular flexibility index (Phi) is 5.32. The second kappa shape index (κ2) is 7.80. The third-order valence-corrected chi connectivity index (χ3v) is 5.92. The van der Waals surface area contributed by atoms with Crippen molar-refractivity contribution >= 4 is 45.5 Å². The van der Waals surface area contributed by atoms with Crippen LogP contribution < -0.4 is 0 Å². The summed E-state index contributed by atoms with van der Waals surface area (Å²) in [5.74, 6) is 0.498. The summed E-state index contributed by atoms with van der Waals surface area (Å²) in [5, 5.41) is 11.4. The van der Waals surface area contributed by atoms with E-state index in [4.69, 9.17) is 16.0 Å². The van der Waals surface area contributed by atoms with Crippen molar-refractivity contribution in [3.05, 3.63) is 40.7 Å². The lowest BCUT2D eigenvalue weighted by molar-refractivity contribution is 0.0445. The minimum Gasteiger partial charge on any atom is -0.465 e. The second-order valence-electron chi connectivity index (χ2n) is 8.06. The second-order valence-corrected chi connectivity index (χ2v) is 8.46. The molecule has 3 heterocycles. The maximum absolute atomic E-state index is 13.5. The van der Waals surface area contributed by atoms with Crippen LogP contribution in [0.4, 0.5) is 4.79 Å². The van der Waals surface area contributed by atoms with Gasteiger partial charge in [-0.3, -0.25) is 4.79 Å². The van der Waals surface area contributed by atoms with E-state index >= 15 is 0 Å². The fourth-order valence-electron chi connectivity index (χ4n) is 4.29. The van der Waals surface area contributed by atoms with Gasteiger partial charge >= 0.3 is 6.09 Å². The van der Waals surface area contributed by atoms with Crippen LogP contribution in [0, 0.1) is 6.92 Å². The molecule has 1 fully saturated rings. The van der Waals surface area contributed by atoms with Crippen LogP contribution in [0.1, 0.15) is 42.9 Å². The van der Waals surface area contributed by atoms with E-state index in [-0.39, 0.29) is 23.7 Å². The van der Waals surface area contributed by atoms with Crippen molar-refractivity contribution in [2.75, 3.05) is 13.1 Å². The van der Waals surface area contributed by atoms with E-state index < -0.39 is 6.09 Å². The van der Waals surface area contributed by atoms with Crippen molar-refractivity contribution in [1.82, 2.24) is 14.8 Å². The van der Waals surface area contributed by atoms with E-state index in [9.17, 15) is 14.7 Å². The Morgan fingerprint density at radius 3 is 2.80 bits per heavy atom. The van der Waals surface area contributed by atoms with Crippen molar-refractivity contribution in [3.8, 4) is 0 Å². The van der Waals surface area contributed by atoms with Gasteiger partial charge < -0.3 is 19.3 Å². The molecule has 158 valence electrons. The number of carbonyl (C=O) groups excluding carboxylic acids is 1. The van der Waals surface area contributed by atoms with Gasteiger partial charge in [0.2, 0.25) is 0 Å². The number of benzene rings is 1. The Morgan fingerprint density at radius 2 is 2.10 bits per heavy atom. The van der Waals surface area contributed by atoms with Crippen LogP contribution in [-0.2, 0) is 0 Å². The van der Waals surface area contributed by atoms with E-state index in [1.165, 1.54) is 4.90 Å². The fraction of sp³-hybridized carbons (Fsp3) is 0.409. The zero-order valence-corrected chi connectivity index (χ0v) is 17.9. The van der Waals surface area contributed by atoms with Crippen LogP contribution in [-0.4, -0.2) is 57.1 Å². The number of likely N-dealkylation sites (tertiary alicyclic amines) is 1. The van der Waals surface area contributed by atoms with Gasteiger partial charge in [-0.25, -0.2) is 9.78 Å². The van der Waals surface area contributed by atoms with Gasteiger partial charge in [0.05, 0.1) is 11.1 Å². The number of halogens is 1. The average molecular weight is 430 g/mol. The van der Waals surface area contributed by atoms with Crippen LogP contribution in [0.2, 0.25) is 5.02 Å². The van der Waals surface area contributed by atoms with E-state index in [1.54, 1.807) is 11.0 Å². The smallest absolute Gasteiger partial charge is 0.407 e. The normalized spacial score (nSPS) is 17.1. The molecule has 0 aliphatic carbocycles. The number of amides is 2. The molecule has 1 saturated heterocycles. The van der Waals surface area contributed by atoms with Crippen LogP contribution in [0.15, 0.2) is 28.7 Å². The minimum atomic E-state index is -0.960. The van der Waals surface area contributed by atoms with Gasteiger partial charge in [0.15, 0.2) is 5.58 Å². The molecule has 1 aromatic carbocycles. The third-order valence-electron chi connectivity index (χ3n) is 5.61. The number of aryl methyl sites for hydroxylation is 1. The van der Waals surface area contributed by atoms with Gasteiger partial charge in [-0.15, -0.1) is 0 Å². The van der Waals surface area contributed by atoms with Crippen LogP contribution in [0.3, 0.4) is 0 Å². The highest BCUT2D eigenvalue weighted by atomic mass is 35.5. The standard InChI is InChI=1S/C22H24ClN3O4/c1-12(2)26(15-5-4-8-25(11-15)22(28)29)21(27)18-10-17(23)16-7-6-14-9-13(3)30-20(14)19(16)24-18/h6-7,9-10,12,15H,4-5,8,11H2,1-3H3,(H,28,29)/t15-/m1/s1. The summed E-state index contributed by atoms with van der Waals surface area (Å²) < 4.78 is 5.82. The number of hydrogen-bond acceptors (Lipinski definition) is 4. The number of rotatable bonds is 3. The minimum absolute atomic E-state index is 0.117. The number of furan rings is 1. The highest BCUT2D eigenvalue weighted by Gasteiger charge is 2.33. The van der Waals surface area contributed by atoms with Crippen LogP contribution >= 0.6 is 11.6 Å². The summed E-state index contributed by atoms with van der Waals surface area (Å²) in [4.78, 5) is 32.7. The molecule has 4 rings (SSSR count). The van der Waals surface area contributed by atoms with Gasteiger partial charge in [0.25, 0.3) is 5.91 Å². The summed E-state index contributed by atoms with van der Waals surface area (Å²) >= 11 is 6.51. The molecule has 8 heteroatoms. The summed E-state index contributed by atoms with van der Waals surface area (Å²) in [5.41, 5.74) is 1.39. The maximum Gasteiger partial charge on any atom is 0.407 e. The lowest BCUT2D eigenvalue weighted by Crippen LogP contribution is -2.53. The molecule has 1 aliphatic rings. The predicted molar refractivity (Wildman–Crippen MR) is 115 cm³/mol. The van der Waals surface area contributed by atoms with Crippen molar-refractivity contribution in [2.45, 2.75) is 45.7 Å². The molecular weight excluding hydrogens is 406 g/mol. The maximum atomic E-state index is 13.5. The third kappa shape index (κ3) is 3.58.